The van der Waals surface area contributed by atoms with E-state index in [-0.39, 0.29) is 10.8 Å². The molecular weight excluding hydrogens is 360 g/mol. The molecule has 0 aliphatic heterocycles. The van der Waals surface area contributed by atoms with Gasteiger partial charge in [0.05, 0.1) is 0 Å². The summed E-state index contributed by atoms with van der Waals surface area (Å²) in [5.74, 6) is 0. The van der Waals surface area contributed by atoms with Gasteiger partial charge in [-0.1, -0.05) is 77.9 Å². The van der Waals surface area contributed by atoms with Crippen molar-refractivity contribution in [3.63, 3.8) is 0 Å². The Balaban J connectivity index is 2.14. The summed E-state index contributed by atoms with van der Waals surface area (Å²) in [7, 11) is 0. The molecule has 0 saturated heterocycles. The first-order chi connectivity index (χ1) is 13.9. The van der Waals surface area contributed by atoms with Crippen molar-refractivity contribution in [2.75, 3.05) is 0 Å². The Morgan fingerprint density at radius 2 is 0.767 bits per heavy atom. The molecule has 0 atom stereocenters. The molecule has 0 bridgehead atoms. The zero-order chi connectivity index (χ0) is 21.6. The molecule has 0 aliphatic rings. The Morgan fingerprint density at radius 3 is 1.10 bits per heavy atom. The molecule has 0 aromatic heterocycles. The van der Waals surface area contributed by atoms with Crippen LogP contribution in [0.2, 0.25) is 0 Å². The van der Waals surface area contributed by atoms with Gasteiger partial charge in [0.2, 0.25) is 0 Å². The SMILES string of the molecule is Cc1cc2cc(C(C)(C)C)cc3c4cc(C(C)(C)C)cc5cc(C)cc(c(c1)c23)c54. The predicted molar refractivity (Wildman–Crippen MR) is 135 cm³/mol. The van der Waals surface area contributed by atoms with E-state index >= 15 is 0 Å². The smallest absolute Gasteiger partial charge is 0.00260 e. The van der Waals surface area contributed by atoms with Crippen molar-refractivity contribution in [1.29, 1.82) is 0 Å². The Labute approximate surface area is 180 Å². The molecule has 30 heavy (non-hydrogen) atoms. The van der Waals surface area contributed by atoms with E-state index < -0.39 is 0 Å². The van der Waals surface area contributed by atoms with Crippen LogP contribution in [-0.2, 0) is 10.8 Å². The highest BCUT2D eigenvalue weighted by Gasteiger charge is 2.22. The minimum absolute atomic E-state index is 0.114. The van der Waals surface area contributed by atoms with Crippen molar-refractivity contribution < 1.29 is 0 Å². The number of aryl methyl sites for hydroxylation is 2. The minimum atomic E-state index is 0.114. The van der Waals surface area contributed by atoms with E-state index in [0.717, 1.165) is 0 Å². The second kappa shape index (κ2) is 5.97. The van der Waals surface area contributed by atoms with Gasteiger partial charge in [0.25, 0.3) is 0 Å². The van der Waals surface area contributed by atoms with E-state index in [1.54, 1.807) is 0 Å². The molecule has 0 radical (unpaired) electrons. The van der Waals surface area contributed by atoms with Gasteiger partial charge >= 0.3 is 0 Å². The Kier molecular flexibility index (Phi) is 3.86. The molecule has 5 aromatic carbocycles. The molecular formula is C30H32. The molecule has 5 rings (SSSR count). The van der Waals surface area contributed by atoms with E-state index in [1.165, 1.54) is 65.3 Å². The van der Waals surface area contributed by atoms with Crippen LogP contribution in [-0.4, -0.2) is 0 Å². The molecule has 0 aliphatic carbocycles. The maximum absolute atomic E-state index is 2.46. The van der Waals surface area contributed by atoms with Gasteiger partial charge < -0.3 is 0 Å². The van der Waals surface area contributed by atoms with Crippen molar-refractivity contribution >= 4 is 43.1 Å². The molecule has 5 aromatic rings. The lowest BCUT2D eigenvalue weighted by Crippen LogP contribution is -2.12. The molecule has 0 heterocycles. The van der Waals surface area contributed by atoms with Crippen molar-refractivity contribution in [2.24, 2.45) is 0 Å². The molecule has 0 spiro atoms. The van der Waals surface area contributed by atoms with E-state index in [2.05, 4.69) is 104 Å². The van der Waals surface area contributed by atoms with E-state index in [4.69, 9.17) is 0 Å². The van der Waals surface area contributed by atoms with Crippen molar-refractivity contribution in [3.05, 3.63) is 70.8 Å². The van der Waals surface area contributed by atoms with Crippen LogP contribution < -0.4 is 0 Å². The molecule has 152 valence electrons. The number of hydrogen-bond acceptors (Lipinski definition) is 0. The zero-order valence-corrected chi connectivity index (χ0v) is 19.6. The van der Waals surface area contributed by atoms with Crippen LogP contribution >= 0.6 is 0 Å². The Hall–Kier alpha value is -2.60. The largest absolute Gasteiger partial charge is 0.0561 e. The zero-order valence-electron chi connectivity index (χ0n) is 19.6. The van der Waals surface area contributed by atoms with Gasteiger partial charge in [0.15, 0.2) is 0 Å². The van der Waals surface area contributed by atoms with Crippen LogP contribution in [0.5, 0.6) is 0 Å². The van der Waals surface area contributed by atoms with Gasteiger partial charge in [0.1, 0.15) is 0 Å². The highest BCUT2D eigenvalue weighted by molar-refractivity contribution is 6.33. The fourth-order valence-corrected chi connectivity index (χ4v) is 5.05. The molecule has 0 unspecified atom stereocenters. The first-order valence-electron chi connectivity index (χ1n) is 11.1. The maximum atomic E-state index is 2.46. The number of fused-ring (bicyclic) bond motifs is 2. The first kappa shape index (κ1) is 19.4. The molecule has 0 N–H and O–H groups in total. The third-order valence-electron chi connectivity index (χ3n) is 6.70. The molecule has 0 amide bonds. The number of benzene rings is 5. The summed E-state index contributed by atoms with van der Waals surface area (Å²) in [6.45, 7) is 18.4. The average molecular weight is 393 g/mol. The van der Waals surface area contributed by atoms with Crippen LogP contribution in [0.25, 0.3) is 43.1 Å². The monoisotopic (exact) mass is 392 g/mol. The molecule has 0 nitrogen and oxygen atoms in total. The lowest BCUT2D eigenvalue weighted by molar-refractivity contribution is 0.591. The summed E-state index contributed by atoms with van der Waals surface area (Å²) >= 11 is 0. The minimum Gasteiger partial charge on any atom is -0.0561 e. The van der Waals surface area contributed by atoms with Crippen LogP contribution in [0, 0.1) is 13.8 Å². The van der Waals surface area contributed by atoms with Crippen LogP contribution in [0.4, 0.5) is 0 Å². The normalized spacial score (nSPS) is 13.3. The molecule has 0 heteroatoms. The lowest BCUT2D eigenvalue weighted by atomic mass is 9.79. The van der Waals surface area contributed by atoms with Crippen molar-refractivity contribution in [3.8, 4) is 0 Å². The summed E-state index contributed by atoms with van der Waals surface area (Å²) in [4.78, 5) is 0. The van der Waals surface area contributed by atoms with E-state index in [9.17, 15) is 0 Å². The number of rotatable bonds is 0. The number of hydrogen-bond donors (Lipinski definition) is 0. The van der Waals surface area contributed by atoms with Crippen LogP contribution in [0.15, 0.2) is 48.5 Å². The van der Waals surface area contributed by atoms with E-state index in [0.29, 0.717) is 0 Å². The third kappa shape index (κ3) is 2.81. The van der Waals surface area contributed by atoms with Gasteiger partial charge in [-0.05, 0) is 102 Å². The van der Waals surface area contributed by atoms with Gasteiger partial charge in [-0.15, -0.1) is 0 Å². The highest BCUT2D eigenvalue weighted by atomic mass is 14.3. The second-order valence-electron chi connectivity index (χ2n) is 11.4. The van der Waals surface area contributed by atoms with Crippen molar-refractivity contribution in [1.82, 2.24) is 0 Å². The Morgan fingerprint density at radius 1 is 0.433 bits per heavy atom. The van der Waals surface area contributed by atoms with Crippen LogP contribution in [0.3, 0.4) is 0 Å². The third-order valence-corrected chi connectivity index (χ3v) is 6.70. The van der Waals surface area contributed by atoms with Gasteiger partial charge in [-0.2, -0.15) is 0 Å². The second-order valence-corrected chi connectivity index (χ2v) is 11.4. The van der Waals surface area contributed by atoms with E-state index in [1.807, 2.05) is 0 Å². The van der Waals surface area contributed by atoms with Crippen molar-refractivity contribution in [2.45, 2.75) is 66.2 Å². The summed E-state index contributed by atoms with van der Waals surface area (Å²) in [5.41, 5.74) is 5.71. The van der Waals surface area contributed by atoms with Gasteiger partial charge in [0, 0.05) is 0 Å². The molecule has 0 fully saturated rings. The fraction of sp³-hybridized carbons (Fsp3) is 0.333. The maximum Gasteiger partial charge on any atom is -0.00260 e. The van der Waals surface area contributed by atoms with Gasteiger partial charge in [-0.25, -0.2) is 0 Å². The molecule has 0 saturated carbocycles. The first-order valence-corrected chi connectivity index (χ1v) is 11.1. The highest BCUT2D eigenvalue weighted by Crippen LogP contribution is 2.44. The summed E-state index contributed by atoms with van der Waals surface area (Å²) in [6, 6.07) is 19.3. The standard InChI is InChI=1S/C30H32/c1-17-9-19-13-21(29(3,4)5)15-25-26-16-22(30(6,7)8)14-20-10-18(2)12-24(28(20)26)23(11-17)27(19)25/h9-16H,1-8H3. The Bertz CT molecular complexity index is 1340. The quantitative estimate of drug-likeness (QED) is 0.182. The summed E-state index contributed by atoms with van der Waals surface area (Å²) in [5, 5.41) is 11.2. The fourth-order valence-electron chi connectivity index (χ4n) is 5.05. The predicted octanol–water partition coefficient (Wildman–Crippen LogP) is 8.95. The lowest BCUT2D eigenvalue weighted by Gasteiger charge is -2.25. The summed E-state index contributed by atoms with van der Waals surface area (Å²) in [6.07, 6.45) is 0. The summed E-state index contributed by atoms with van der Waals surface area (Å²) < 4.78 is 0. The van der Waals surface area contributed by atoms with Crippen LogP contribution in [0.1, 0.15) is 63.8 Å². The van der Waals surface area contributed by atoms with Gasteiger partial charge in [-0.3, -0.25) is 0 Å². The topological polar surface area (TPSA) is 0 Å². The average Bonchev–Trinajstić information content (AvgIpc) is 2.62.